The number of ether oxygens (including phenoxy) is 2. The van der Waals surface area contributed by atoms with Crippen molar-refractivity contribution in [2.45, 2.75) is 11.3 Å². The average molecular weight is 447 g/mol. The van der Waals surface area contributed by atoms with E-state index < -0.39 is 10.0 Å². The summed E-state index contributed by atoms with van der Waals surface area (Å²) in [5.41, 5.74) is 0.587. The molecule has 1 saturated heterocycles. The van der Waals surface area contributed by atoms with Crippen LogP contribution in [-0.4, -0.2) is 62.9 Å². The molecule has 0 saturated carbocycles. The molecule has 1 fully saturated rings. The van der Waals surface area contributed by atoms with E-state index in [4.69, 9.17) is 9.47 Å². The van der Waals surface area contributed by atoms with E-state index in [-0.39, 0.29) is 42.8 Å². The van der Waals surface area contributed by atoms with Gasteiger partial charge >= 0.3 is 0 Å². The van der Waals surface area contributed by atoms with Crippen LogP contribution in [0.2, 0.25) is 0 Å². The molecule has 0 atom stereocenters. The minimum atomic E-state index is -3.72. The van der Waals surface area contributed by atoms with Crippen molar-refractivity contribution in [3.8, 4) is 11.5 Å². The van der Waals surface area contributed by atoms with E-state index in [9.17, 15) is 17.6 Å². The lowest BCUT2D eigenvalue weighted by Gasteiger charge is -2.33. The van der Waals surface area contributed by atoms with Gasteiger partial charge in [-0.3, -0.25) is 4.79 Å². The zero-order chi connectivity index (χ0) is 21.8. The molecule has 9 heteroatoms. The maximum Gasteiger partial charge on any atom is 0.246 e. The summed E-state index contributed by atoms with van der Waals surface area (Å²) in [6.07, 6.45) is 3.66. The zero-order valence-electron chi connectivity index (χ0n) is 16.9. The largest absolute Gasteiger partial charge is 0.490 e. The van der Waals surface area contributed by atoms with Crippen LogP contribution in [0.25, 0.3) is 6.08 Å². The van der Waals surface area contributed by atoms with Gasteiger partial charge in [0.05, 0.1) is 18.1 Å². The lowest BCUT2D eigenvalue weighted by Crippen LogP contribution is -2.50. The van der Waals surface area contributed by atoms with Gasteiger partial charge in [-0.2, -0.15) is 4.31 Å². The molecule has 2 aromatic rings. The first-order chi connectivity index (χ1) is 14.9. The van der Waals surface area contributed by atoms with Gasteiger partial charge in [-0.25, -0.2) is 12.8 Å². The number of hydrogen-bond acceptors (Lipinski definition) is 5. The minimum Gasteiger partial charge on any atom is -0.490 e. The normalized spacial score (nSPS) is 17.5. The van der Waals surface area contributed by atoms with E-state index in [2.05, 4.69) is 0 Å². The van der Waals surface area contributed by atoms with Crippen molar-refractivity contribution < 1.29 is 27.1 Å². The first-order valence-electron chi connectivity index (χ1n) is 10.1. The number of sulfonamides is 1. The smallest absolute Gasteiger partial charge is 0.246 e. The van der Waals surface area contributed by atoms with Gasteiger partial charge in [0.1, 0.15) is 5.82 Å². The van der Waals surface area contributed by atoms with Crippen LogP contribution < -0.4 is 9.47 Å². The van der Waals surface area contributed by atoms with Gasteiger partial charge in [0, 0.05) is 44.7 Å². The Kier molecular flexibility index (Phi) is 6.24. The van der Waals surface area contributed by atoms with Gasteiger partial charge in [0.25, 0.3) is 0 Å². The Bertz CT molecular complexity index is 1090. The summed E-state index contributed by atoms with van der Waals surface area (Å²) >= 11 is 0. The van der Waals surface area contributed by atoms with Crippen molar-refractivity contribution >= 4 is 22.0 Å². The van der Waals surface area contributed by atoms with Crippen molar-refractivity contribution in [1.82, 2.24) is 9.21 Å². The molecule has 0 unspecified atom stereocenters. The predicted octanol–water partition coefficient (Wildman–Crippen LogP) is 2.53. The molecule has 31 heavy (non-hydrogen) atoms. The summed E-state index contributed by atoms with van der Waals surface area (Å²) in [5, 5.41) is 0. The van der Waals surface area contributed by atoms with Crippen molar-refractivity contribution in [3.05, 3.63) is 59.9 Å². The number of hydrogen-bond donors (Lipinski definition) is 0. The van der Waals surface area contributed by atoms with Gasteiger partial charge in [-0.15, -0.1) is 0 Å². The quantitative estimate of drug-likeness (QED) is 0.675. The molecular formula is C22H23FN2O5S. The predicted molar refractivity (Wildman–Crippen MR) is 113 cm³/mol. The van der Waals surface area contributed by atoms with Crippen LogP contribution in [0.15, 0.2) is 53.4 Å². The molecule has 0 aliphatic carbocycles. The number of rotatable bonds is 4. The number of halogens is 1. The molecule has 2 aliphatic rings. The fraction of sp³-hybridized carbons (Fsp3) is 0.318. The minimum absolute atomic E-state index is 0.141. The van der Waals surface area contributed by atoms with Crippen molar-refractivity contribution in [3.63, 3.8) is 0 Å². The molecule has 0 aromatic heterocycles. The molecule has 0 radical (unpaired) electrons. The standard InChI is InChI=1S/C22H23FN2O5S/c23-18-4-1-3-17(15-18)5-8-22(26)24-9-11-25(12-10-24)31(27,28)19-6-7-20-21(16-19)30-14-2-13-29-20/h1,3-8,15-16H,2,9-14H2. The van der Waals surface area contributed by atoms with Crippen LogP contribution >= 0.6 is 0 Å². The molecular weight excluding hydrogens is 423 g/mol. The second-order valence-electron chi connectivity index (χ2n) is 7.28. The van der Waals surface area contributed by atoms with Gasteiger partial charge in [-0.05, 0) is 35.9 Å². The Morgan fingerprint density at radius 2 is 1.71 bits per heavy atom. The summed E-state index contributed by atoms with van der Waals surface area (Å²) in [6, 6.07) is 10.6. The van der Waals surface area contributed by atoms with E-state index in [1.165, 1.54) is 34.6 Å². The number of carbonyl (C=O) groups is 1. The monoisotopic (exact) mass is 446 g/mol. The highest BCUT2D eigenvalue weighted by Gasteiger charge is 2.30. The molecule has 7 nitrogen and oxygen atoms in total. The molecule has 2 aromatic carbocycles. The third-order valence-electron chi connectivity index (χ3n) is 5.17. The molecule has 2 heterocycles. The number of amides is 1. The fourth-order valence-electron chi connectivity index (χ4n) is 3.49. The Labute approximate surface area is 180 Å². The topological polar surface area (TPSA) is 76.2 Å². The highest BCUT2D eigenvalue weighted by molar-refractivity contribution is 7.89. The van der Waals surface area contributed by atoms with Gasteiger partial charge in [0.2, 0.25) is 15.9 Å². The van der Waals surface area contributed by atoms with E-state index in [1.807, 2.05) is 0 Å². The second kappa shape index (κ2) is 9.07. The SMILES string of the molecule is O=C(C=Cc1cccc(F)c1)N1CCN(S(=O)(=O)c2ccc3c(c2)OCCCO3)CC1. The summed E-state index contributed by atoms with van der Waals surface area (Å²) in [6.45, 7) is 1.93. The number of benzene rings is 2. The van der Waals surface area contributed by atoms with E-state index in [1.54, 1.807) is 29.2 Å². The van der Waals surface area contributed by atoms with E-state index in [0.29, 0.717) is 30.3 Å². The summed E-state index contributed by atoms with van der Waals surface area (Å²) in [7, 11) is -3.72. The van der Waals surface area contributed by atoms with Gasteiger partial charge in [-0.1, -0.05) is 12.1 Å². The summed E-state index contributed by atoms with van der Waals surface area (Å²) < 4.78 is 51.9. The maximum absolute atomic E-state index is 13.2. The lowest BCUT2D eigenvalue weighted by molar-refractivity contribution is -0.127. The molecule has 2 aliphatic heterocycles. The lowest BCUT2D eigenvalue weighted by atomic mass is 10.2. The van der Waals surface area contributed by atoms with Crippen LogP contribution in [0.5, 0.6) is 11.5 Å². The first-order valence-corrected chi connectivity index (χ1v) is 11.5. The zero-order valence-corrected chi connectivity index (χ0v) is 17.7. The number of carbonyl (C=O) groups excluding carboxylic acids is 1. The van der Waals surface area contributed by atoms with Crippen LogP contribution in [0, 0.1) is 5.82 Å². The average Bonchev–Trinajstić information content (AvgIpc) is 3.02. The third-order valence-corrected chi connectivity index (χ3v) is 7.07. The highest BCUT2D eigenvalue weighted by Crippen LogP contribution is 2.33. The van der Waals surface area contributed by atoms with Crippen LogP contribution in [0.1, 0.15) is 12.0 Å². The number of nitrogens with zero attached hydrogens (tertiary/aromatic N) is 2. The molecule has 1 amide bonds. The number of piperazine rings is 1. The Morgan fingerprint density at radius 3 is 2.45 bits per heavy atom. The highest BCUT2D eigenvalue weighted by atomic mass is 32.2. The third kappa shape index (κ3) is 4.88. The van der Waals surface area contributed by atoms with Gasteiger partial charge in [0.15, 0.2) is 11.5 Å². The van der Waals surface area contributed by atoms with Crippen molar-refractivity contribution in [1.29, 1.82) is 0 Å². The molecule has 164 valence electrons. The molecule has 0 bridgehead atoms. The second-order valence-corrected chi connectivity index (χ2v) is 9.21. The van der Waals surface area contributed by atoms with Crippen molar-refractivity contribution in [2.24, 2.45) is 0 Å². The van der Waals surface area contributed by atoms with Crippen LogP contribution in [0.3, 0.4) is 0 Å². The Morgan fingerprint density at radius 1 is 0.968 bits per heavy atom. The van der Waals surface area contributed by atoms with Crippen molar-refractivity contribution in [2.75, 3.05) is 39.4 Å². The fourth-order valence-corrected chi connectivity index (χ4v) is 4.92. The first kappa shape index (κ1) is 21.3. The molecule has 0 N–H and O–H groups in total. The Balaban J connectivity index is 1.40. The summed E-state index contributed by atoms with van der Waals surface area (Å²) in [4.78, 5) is 14.1. The summed E-state index contributed by atoms with van der Waals surface area (Å²) in [5.74, 6) is 0.354. The van der Waals surface area contributed by atoms with E-state index >= 15 is 0 Å². The van der Waals surface area contributed by atoms with Crippen LogP contribution in [-0.2, 0) is 14.8 Å². The van der Waals surface area contributed by atoms with E-state index in [0.717, 1.165) is 6.42 Å². The number of fused-ring (bicyclic) bond motifs is 1. The Hall–Kier alpha value is -2.91. The van der Waals surface area contributed by atoms with Gasteiger partial charge < -0.3 is 14.4 Å². The van der Waals surface area contributed by atoms with Crippen LogP contribution in [0.4, 0.5) is 4.39 Å². The molecule has 0 spiro atoms. The molecule has 4 rings (SSSR count). The maximum atomic E-state index is 13.2.